The van der Waals surface area contributed by atoms with E-state index in [0.717, 1.165) is 5.75 Å². The van der Waals surface area contributed by atoms with Crippen molar-refractivity contribution in [2.24, 2.45) is 0 Å². The maximum absolute atomic E-state index is 5.64. The maximum Gasteiger partial charge on any atom is 0.122 e. The Morgan fingerprint density at radius 3 is 2.53 bits per heavy atom. The van der Waals surface area contributed by atoms with Crippen LogP contribution in [0.3, 0.4) is 0 Å². The highest BCUT2D eigenvalue weighted by molar-refractivity contribution is 5.38. The van der Waals surface area contributed by atoms with Gasteiger partial charge in [-0.15, -0.1) is 0 Å². The van der Waals surface area contributed by atoms with E-state index in [1.54, 1.807) is 0 Å². The molecule has 1 rings (SSSR count). The molecule has 0 amide bonds. The Hall–Kier alpha value is -1.02. The minimum Gasteiger partial charge on any atom is -0.491 e. The summed E-state index contributed by atoms with van der Waals surface area (Å²) in [6.45, 7) is 9.48. The van der Waals surface area contributed by atoms with Gasteiger partial charge in [0.25, 0.3) is 0 Å². The van der Waals surface area contributed by atoms with Crippen LogP contribution in [0.1, 0.15) is 25.0 Å². The molecule has 0 saturated heterocycles. The van der Waals surface area contributed by atoms with E-state index in [9.17, 15) is 0 Å². The fourth-order valence-electron chi connectivity index (χ4n) is 1.32. The molecule has 0 saturated carbocycles. The molecule has 0 N–H and O–H groups in total. The van der Waals surface area contributed by atoms with Crippen LogP contribution >= 0.6 is 0 Å². The average molecular weight is 208 g/mol. The lowest BCUT2D eigenvalue weighted by Gasteiger charge is -2.12. The number of ether oxygens (including phenoxy) is 2. The van der Waals surface area contributed by atoms with Crippen molar-refractivity contribution in [2.45, 2.75) is 33.8 Å². The summed E-state index contributed by atoms with van der Waals surface area (Å²) in [5, 5.41) is 0. The van der Waals surface area contributed by atoms with E-state index in [1.165, 1.54) is 11.1 Å². The lowest BCUT2D eigenvalue weighted by Crippen LogP contribution is -2.11. The van der Waals surface area contributed by atoms with Crippen molar-refractivity contribution in [3.63, 3.8) is 0 Å². The minimum atomic E-state index is 0.271. The van der Waals surface area contributed by atoms with Crippen LogP contribution in [0.5, 0.6) is 5.75 Å². The van der Waals surface area contributed by atoms with Crippen molar-refractivity contribution in [3.05, 3.63) is 29.3 Å². The predicted octanol–water partition coefficient (Wildman–Crippen LogP) is 3.11. The molecule has 15 heavy (non-hydrogen) atoms. The summed E-state index contributed by atoms with van der Waals surface area (Å²) in [4.78, 5) is 0. The largest absolute Gasteiger partial charge is 0.491 e. The van der Waals surface area contributed by atoms with E-state index in [2.05, 4.69) is 19.9 Å². The lowest BCUT2D eigenvalue weighted by atomic mass is 10.1. The molecule has 2 nitrogen and oxygen atoms in total. The first kappa shape index (κ1) is 12.1. The van der Waals surface area contributed by atoms with E-state index in [-0.39, 0.29) is 6.10 Å². The van der Waals surface area contributed by atoms with E-state index in [4.69, 9.17) is 9.47 Å². The monoisotopic (exact) mass is 208 g/mol. The minimum absolute atomic E-state index is 0.271. The molecule has 1 aromatic rings. The van der Waals surface area contributed by atoms with Gasteiger partial charge in [-0.05, 0) is 44.9 Å². The molecular formula is C13H20O2. The van der Waals surface area contributed by atoms with Gasteiger partial charge in [-0.2, -0.15) is 0 Å². The highest BCUT2D eigenvalue weighted by Gasteiger charge is 2.01. The molecule has 0 fully saturated rings. The van der Waals surface area contributed by atoms with Crippen molar-refractivity contribution in [3.8, 4) is 5.75 Å². The van der Waals surface area contributed by atoms with Crippen molar-refractivity contribution < 1.29 is 9.47 Å². The molecule has 2 heteroatoms. The first-order chi connectivity index (χ1) is 7.11. The number of hydrogen-bond acceptors (Lipinski definition) is 2. The SMILES string of the molecule is Cc1cccc(OCCOC(C)C)c1C. The predicted molar refractivity (Wildman–Crippen MR) is 62.5 cm³/mol. The van der Waals surface area contributed by atoms with Crippen molar-refractivity contribution in [2.75, 3.05) is 13.2 Å². The molecule has 0 aromatic heterocycles. The Bertz CT molecular complexity index is 305. The van der Waals surface area contributed by atoms with Crippen LogP contribution in [0, 0.1) is 13.8 Å². The molecule has 0 heterocycles. The van der Waals surface area contributed by atoms with Crippen LogP contribution in [-0.4, -0.2) is 19.3 Å². The summed E-state index contributed by atoms with van der Waals surface area (Å²) in [6.07, 6.45) is 0.271. The van der Waals surface area contributed by atoms with Crippen LogP contribution in [-0.2, 0) is 4.74 Å². The Morgan fingerprint density at radius 2 is 1.87 bits per heavy atom. The quantitative estimate of drug-likeness (QED) is 0.692. The van der Waals surface area contributed by atoms with Crippen LogP contribution in [0.25, 0.3) is 0 Å². The molecule has 0 spiro atoms. The Labute approximate surface area is 92.2 Å². The molecule has 0 atom stereocenters. The fourth-order valence-corrected chi connectivity index (χ4v) is 1.32. The highest BCUT2D eigenvalue weighted by atomic mass is 16.5. The van der Waals surface area contributed by atoms with E-state index in [1.807, 2.05) is 26.0 Å². The van der Waals surface area contributed by atoms with Gasteiger partial charge in [-0.1, -0.05) is 12.1 Å². The summed E-state index contributed by atoms with van der Waals surface area (Å²) in [5.41, 5.74) is 2.47. The third-order valence-corrected chi connectivity index (χ3v) is 2.35. The summed E-state index contributed by atoms with van der Waals surface area (Å²) < 4.78 is 11.1. The van der Waals surface area contributed by atoms with Crippen LogP contribution in [0.2, 0.25) is 0 Å². The number of rotatable bonds is 5. The first-order valence-corrected chi connectivity index (χ1v) is 5.42. The van der Waals surface area contributed by atoms with Gasteiger partial charge in [0.05, 0.1) is 12.7 Å². The van der Waals surface area contributed by atoms with Gasteiger partial charge in [0.2, 0.25) is 0 Å². The van der Waals surface area contributed by atoms with Crippen molar-refractivity contribution in [1.29, 1.82) is 0 Å². The molecule has 0 aliphatic heterocycles. The summed E-state index contributed by atoms with van der Waals surface area (Å²) in [7, 11) is 0. The summed E-state index contributed by atoms with van der Waals surface area (Å²) in [6, 6.07) is 6.10. The lowest BCUT2D eigenvalue weighted by molar-refractivity contribution is 0.0551. The van der Waals surface area contributed by atoms with Gasteiger partial charge in [0, 0.05) is 0 Å². The van der Waals surface area contributed by atoms with Gasteiger partial charge in [-0.25, -0.2) is 0 Å². The summed E-state index contributed by atoms with van der Waals surface area (Å²) >= 11 is 0. The highest BCUT2D eigenvalue weighted by Crippen LogP contribution is 2.20. The van der Waals surface area contributed by atoms with Crippen LogP contribution in [0.15, 0.2) is 18.2 Å². The normalized spacial score (nSPS) is 10.7. The number of benzene rings is 1. The van der Waals surface area contributed by atoms with Crippen molar-refractivity contribution in [1.82, 2.24) is 0 Å². The van der Waals surface area contributed by atoms with E-state index in [0.29, 0.717) is 13.2 Å². The van der Waals surface area contributed by atoms with Gasteiger partial charge in [0.15, 0.2) is 0 Å². The zero-order valence-corrected chi connectivity index (χ0v) is 10.0. The van der Waals surface area contributed by atoms with Gasteiger partial charge >= 0.3 is 0 Å². The van der Waals surface area contributed by atoms with E-state index < -0.39 is 0 Å². The zero-order chi connectivity index (χ0) is 11.3. The second kappa shape index (κ2) is 5.76. The number of aryl methyl sites for hydroxylation is 1. The second-order valence-corrected chi connectivity index (χ2v) is 3.97. The smallest absolute Gasteiger partial charge is 0.122 e. The second-order valence-electron chi connectivity index (χ2n) is 3.97. The molecule has 0 aliphatic rings. The van der Waals surface area contributed by atoms with Crippen LogP contribution in [0.4, 0.5) is 0 Å². The van der Waals surface area contributed by atoms with Crippen LogP contribution < -0.4 is 4.74 Å². The topological polar surface area (TPSA) is 18.5 Å². The summed E-state index contributed by atoms with van der Waals surface area (Å²) in [5.74, 6) is 0.961. The molecule has 0 radical (unpaired) electrons. The third kappa shape index (κ3) is 3.92. The molecule has 0 bridgehead atoms. The molecule has 0 aliphatic carbocycles. The number of hydrogen-bond donors (Lipinski definition) is 0. The fraction of sp³-hybridized carbons (Fsp3) is 0.538. The molecular weight excluding hydrogens is 188 g/mol. The molecule has 84 valence electrons. The van der Waals surface area contributed by atoms with Gasteiger partial charge in [0.1, 0.15) is 12.4 Å². The standard InChI is InChI=1S/C13H20O2/c1-10(2)14-8-9-15-13-7-5-6-11(3)12(13)4/h5-7,10H,8-9H2,1-4H3. The Balaban J connectivity index is 2.41. The van der Waals surface area contributed by atoms with E-state index >= 15 is 0 Å². The average Bonchev–Trinajstić information content (AvgIpc) is 2.18. The zero-order valence-electron chi connectivity index (χ0n) is 10.0. The Morgan fingerprint density at radius 1 is 1.13 bits per heavy atom. The Kier molecular flexibility index (Phi) is 4.63. The molecule has 0 unspecified atom stereocenters. The van der Waals surface area contributed by atoms with Gasteiger partial charge < -0.3 is 9.47 Å². The van der Waals surface area contributed by atoms with Gasteiger partial charge in [-0.3, -0.25) is 0 Å². The molecule has 1 aromatic carbocycles. The van der Waals surface area contributed by atoms with Crippen molar-refractivity contribution >= 4 is 0 Å². The first-order valence-electron chi connectivity index (χ1n) is 5.42. The maximum atomic E-state index is 5.64. The third-order valence-electron chi connectivity index (χ3n) is 2.35.